The highest BCUT2D eigenvalue weighted by Crippen LogP contribution is 2.35. The van der Waals surface area contributed by atoms with Gasteiger partial charge in [0.05, 0.1) is 26.8 Å². The van der Waals surface area contributed by atoms with E-state index in [1.165, 1.54) is 27.4 Å². The van der Waals surface area contributed by atoms with E-state index < -0.39 is 23.0 Å². The first-order valence-corrected chi connectivity index (χ1v) is 10.5. The summed E-state index contributed by atoms with van der Waals surface area (Å²) in [7, 11) is 4.32. The van der Waals surface area contributed by atoms with E-state index in [4.69, 9.17) is 14.2 Å². The maximum absolute atomic E-state index is 13.4. The van der Waals surface area contributed by atoms with Gasteiger partial charge in [-0.3, -0.25) is 9.59 Å². The molecule has 0 aliphatic heterocycles. The minimum atomic E-state index is -1.20. The third-order valence-corrected chi connectivity index (χ3v) is 5.71. The van der Waals surface area contributed by atoms with Crippen molar-refractivity contribution >= 4 is 22.8 Å². The summed E-state index contributed by atoms with van der Waals surface area (Å²) in [4.78, 5) is 38.9. The number of unbranched alkanes of at least 4 members (excludes halogenated alkanes) is 1. The number of hydrogen-bond donors (Lipinski definition) is 1. The van der Waals surface area contributed by atoms with Gasteiger partial charge < -0.3 is 24.1 Å². The number of aryl methyl sites for hydroxylation is 1. The van der Waals surface area contributed by atoms with Crippen LogP contribution in [0.3, 0.4) is 0 Å². The standard InChI is InChI=1S/C23H32N2O6/c1-7-10-13-25-18-15(11-12-17(29-4)19(18)30-5)14-16(21(25)27)20(26)24-23(8-2,9-3)22(28)31-6/h11-12,14H,7-10,13H2,1-6H3,(H,24,26). The van der Waals surface area contributed by atoms with Crippen LogP contribution in [0.4, 0.5) is 0 Å². The number of hydrogen-bond acceptors (Lipinski definition) is 6. The predicted molar refractivity (Wildman–Crippen MR) is 119 cm³/mol. The topological polar surface area (TPSA) is 95.9 Å². The fraction of sp³-hybridized carbons (Fsp3) is 0.522. The second-order valence-electron chi connectivity index (χ2n) is 7.34. The van der Waals surface area contributed by atoms with Crippen molar-refractivity contribution in [2.24, 2.45) is 0 Å². The molecule has 0 saturated heterocycles. The number of carbonyl (C=O) groups excluding carboxylic acids is 2. The molecule has 0 atom stereocenters. The molecule has 1 aromatic carbocycles. The van der Waals surface area contributed by atoms with Crippen LogP contribution in [-0.2, 0) is 16.1 Å². The third kappa shape index (κ3) is 4.52. The number of methoxy groups -OCH3 is 3. The summed E-state index contributed by atoms with van der Waals surface area (Å²) in [5.74, 6) is -0.213. The predicted octanol–water partition coefficient (Wildman–Crippen LogP) is 3.28. The Hall–Kier alpha value is -3.03. The largest absolute Gasteiger partial charge is 0.493 e. The SMILES string of the molecule is CCCCn1c(=O)c(C(=O)NC(CC)(CC)C(=O)OC)cc2ccc(OC)c(OC)c21. The second kappa shape index (κ2) is 10.3. The van der Waals surface area contributed by atoms with Crippen LogP contribution in [0.2, 0.25) is 0 Å². The molecule has 1 heterocycles. The Bertz CT molecular complexity index is 1010. The van der Waals surface area contributed by atoms with E-state index in [2.05, 4.69) is 5.32 Å². The highest BCUT2D eigenvalue weighted by atomic mass is 16.5. The van der Waals surface area contributed by atoms with Crippen molar-refractivity contribution in [3.8, 4) is 11.5 Å². The number of benzene rings is 1. The van der Waals surface area contributed by atoms with Gasteiger partial charge >= 0.3 is 5.97 Å². The molecule has 170 valence electrons. The molecule has 0 unspecified atom stereocenters. The normalized spacial score (nSPS) is 11.3. The average molecular weight is 433 g/mol. The number of esters is 1. The number of amides is 1. The van der Waals surface area contributed by atoms with Crippen molar-refractivity contribution in [1.82, 2.24) is 9.88 Å². The molecule has 0 saturated carbocycles. The molecule has 2 aromatic rings. The molecule has 1 N–H and O–H groups in total. The zero-order chi connectivity index (χ0) is 23.2. The Kier molecular flexibility index (Phi) is 8.08. The lowest BCUT2D eigenvalue weighted by Crippen LogP contribution is -2.55. The minimum Gasteiger partial charge on any atom is -0.493 e. The number of nitrogens with one attached hydrogen (secondary N) is 1. The Morgan fingerprint density at radius 1 is 1.06 bits per heavy atom. The maximum atomic E-state index is 13.4. The van der Waals surface area contributed by atoms with E-state index >= 15 is 0 Å². The summed E-state index contributed by atoms with van der Waals surface area (Å²) in [5.41, 5.74) is -1.11. The van der Waals surface area contributed by atoms with E-state index in [1.54, 1.807) is 30.5 Å². The fourth-order valence-corrected chi connectivity index (χ4v) is 3.72. The number of fused-ring (bicyclic) bond motifs is 1. The molecule has 1 amide bonds. The Balaban J connectivity index is 2.71. The Morgan fingerprint density at radius 3 is 2.26 bits per heavy atom. The number of aromatic nitrogens is 1. The molecule has 0 spiro atoms. The minimum absolute atomic E-state index is 0.0361. The molecule has 0 radical (unpaired) electrons. The molecule has 8 nitrogen and oxygen atoms in total. The Labute approximate surface area is 182 Å². The first-order chi connectivity index (χ1) is 14.8. The number of pyridine rings is 1. The first kappa shape index (κ1) is 24.2. The second-order valence-corrected chi connectivity index (χ2v) is 7.34. The summed E-state index contributed by atoms with van der Waals surface area (Å²) in [6.45, 7) is 6.02. The van der Waals surface area contributed by atoms with Gasteiger partial charge in [-0.15, -0.1) is 0 Å². The maximum Gasteiger partial charge on any atom is 0.331 e. The molecular weight excluding hydrogens is 400 g/mol. The van der Waals surface area contributed by atoms with Crippen LogP contribution in [0.5, 0.6) is 11.5 Å². The summed E-state index contributed by atoms with van der Waals surface area (Å²) >= 11 is 0. The van der Waals surface area contributed by atoms with Crippen LogP contribution in [0, 0.1) is 0 Å². The summed E-state index contributed by atoms with van der Waals surface area (Å²) in [5, 5.41) is 3.42. The molecule has 0 aliphatic rings. The molecule has 0 bridgehead atoms. The average Bonchev–Trinajstić information content (AvgIpc) is 2.80. The fourth-order valence-electron chi connectivity index (χ4n) is 3.72. The van der Waals surface area contributed by atoms with Crippen LogP contribution < -0.4 is 20.3 Å². The van der Waals surface area contributed by atoms with Crippen molar-refractivity contribution < 1.29 is 23.8 Å². The third-order valence-electron chi connectivity index (χ3n) is 5.71. The lowest BCUT2D eigenvalue weighted by atomic mass is 9.92. The van der Waals surface area contributed by atoms with E-state index in [0.717, 1.165) is 12.8 Å². The van der Waals surface area contributed by atoms with Crippen molar-refractivity contribution in [3.05, 3.63) is 34.1 Å². The van der Waals surface area contributed by atoms with Gasteiger partial charge in [-0.05, 0) is 37.5 Å². The quantitative estimate of drug-likeness (QED) is 0.579. The van der Waals surface area contributed by atoms with Gasteiger partial charge in [0.2, 0.25) is 0 Å². The molecule has 0 fully saturated rings. The van der Waals surface area contributed by atoms with E-state index in [0.29, 0.717) is 41.8 Å². The van der Waals surface area contributed by atoms with E-state index in [-0.39, 0.29) is 5.56 Å². The van der Waals surface area contributed by atoms with Crippen LogP contribution in [-0.4, -0.2) is 43.3 Å². The number of carbonyl (C=O) groups is 2. The van der Waals surface area contributed by atoms with Crippen molar-refractivity contribution in [2.45, 2.75) is 58.5 Å². The van der Waals surface area contributed by atoms with Crippen LogP contribution in [0.1, 0.15) is 56.8 Å². The molecule has 31 heavy (non-hydrogen) atoms. The lowest BCUT2D eigenvalue weighted by molar-refractivity contribution is -0.148. The van der Waals surface area contributed by atoms with E-state index in [1.807, 2.05) is 6.92 Å². The van der Waals surface area contributed by atoms with Gasteiger partial charge in [-0.2, -0.15) is 0 Å². The van der Waals surface area contributed by atoms with Gasteiger partial charge in [0, 0.05) is 11.9 Å². The first-order valence-electron chi connectivity index (χ1n) is 10.5. The summed E-state index contributed by atoms with van der Waals surface area (Å²) in [6.07, 6.45) is 2.29. The van der Waals surface area contributed by atoms with Crippen molar-refractivity contribution in [1.29, 1.82) is 0 Å². The number of ether oxygens (including phenoxy) is 3. The molecule has 0 aliphatic carbocycles. The van der Waals surface area contributed by atoms with Crippen molar-refractivity contribution in [3.63, 3.8) is 0 Å². The monoisotopic (exact) mass is 432 g/mol. The van der Waals surface area contributed by atoms with Crippen LogP contribution >= 0.6 is 0 Å². The summed E-state index contributed by atoms with van der Waals surface area (Å²) in [6, 6.07) is 5.04. The molecule has 8 heteroatoms. The molecule has 1 aromatic heterocycles. The van der Waals surface area contributed by atoms with Gasteiger partial charge in [-0.1, -0.05) is 27.2 Å². The highest BCUT2D eigenvalue weighted by Gasteiger charge is 2.38. The van der Waals surface area contributed by atoms with Gasteiger partial charge in [0.25, 0.3) is 11.5 Å². The van der Waals surface area contributed by atoms with Crippen LogP contribution in [0.15, 0.2) is 23.0 Å². The summed E-state index contributed by atoms with van der Waals surface area (Å²) < 4.78 is 17.4. The highest BCUT2D eigenvalue weighted by molar-refractivity contribution is 6.01. The zero-order valence-electron chi connectivity index (χ0n) is 19.2. The van der Waals surface area contributed by atoms with Gasteiger partial charge in [-0.25, -0.2) is 4.79 Å². The molecular formula is C23H32N2O6. The lowest BCUT2D eigenvalue weighted by Gasteiger charge is -2.29. The van der Waals surface area contributed by atoms with Gasteiger partial charge in [0.1, 0.15) is 11.1 Å². The molecule has 2 rings (SSSR count). The van der Waals surface area contributed by atoms with E-state index in [9.17, 15) is 14.4 Å². The van der Waals surface area contributed by atoms with Crippen molar-refractivity contribution in [2.75, 3.05) is 21.3 Å². The smallest absolute Gasteiger partial charge is 0.331 e. The van der Waals surface area contributed by atoms with Gasteiger partial charge in [0.15, 0.2) is 11.5 Å². The number of nitrogens with zero attached hydrogens (tertiary/aromatic N) is 1. The number of rotatable bonds is 10. The Morgan fingerprint density at radius 2 is 1.74 bits per heavy atom. The zero-order valence-corrected chi connectivity index (χ0v) is 19.2. The van der Waals surface area contributed by atoms with Crippen LogP contribution in [0.25, 0.3) is 10.9 Å².